The van der Waals surface area contributed by atoms with Crippen LogP contribution < -0.4 is 0 Å². The van der Waals surface area contributed by atoms with E-state index in [1.165, 1.54) is 12.1 Å². The highest BCUT2D eigenvalue weighted by molar-refractivity contribution is 9.10. The van der Waals surface area contributed by atoms with E-state index in [0.29, 0.717) is 31.7 Å². The highest BCUT2D eigenvalue weighted by Gasteiger charge is 2.28. The van der Waals surface area contributed by atoms with Crippen LogP contribution in [0.1, 0.15) is 0 Å². The molecule has 0 amide bonds. The number of aromatic nitrogens is 2. The molecule has 0 saturated carbocycles. The van der Waals surface area contributed by atoms with Crippen LogP contribution in [0.5, 0.6) is 5.75 Å². The molecule has 9 heteroatoms. The molecule has 0 atom stereocenters. The Morgan fingerprint density at radius 3 is 2.57 bits per heavy atom. The van der Waals surface area contributed by atoms with Crippen LogP contribution in [0.2, 0.25) is 10.0 Å². The summed E-state index contributed by atoms with van der Waals surface area (Å²) in [6.07, 6.45) is 3.16. The molecule has 4 rings (SSSR count). The first kappa shape index (κ1) is 19.3. The molecular weight excluding hydrogens is 487 g/mol. The maximum Gasteiger partial charge on any atom is 0.272 e. The molecule has 142 valence electrons. The minimum Gasteiger partial charge on any atom is -0.505 e. The summed E-state index contributed by atoms with van der Waals surface area (Å²) >= 11 is 15.3. The van der Waals surface area contributed by atoms with Crippen LogP contribution in [-0.2, 0) is 10.0 Å². The van der Waals surface area contributed by atoms with E-state index in [2.05, 4.69) is 20.9 Å². The normalized spacial score (nSPS) is 11.8. The fourth-order valence-corrected chi connectivity index (χ4v) is 5.84. The third-order valence-electron chi connectivity index (χ3n) is 4.19. The van der Waals surface area contributed by atoms with Crippen molar-refractivity contribution < 1.29 is 13.5 Å². The summed E-state index contributed by atoms with van der Waals surface area (Å²) in [5, 5.41) is 11.4. The number of phenolic OH excluding ortho intramolecular Hbond substituents is 1. The molecule has 0 unspecified atom stereocenters. The second-order valence-corrected chi connectivity index (χ2v) is 9.49. The number of rotatable bonds is 3. The molecule has 0 radical (unpaired) electrons. The lowest BCUT2D eigenvalue weighted by atomic mass is 10.2. The van der Waals surface area contributed by atoms with Gasteiger partial charge < -0.3 is 5.11 Å². The molecule has 5 nitrogen and oxygen atoms in total. The van der Waals surface area contributed by atoms with Gasteiger partial charge in [0.05, 0.1) is 16.2 Å². The van der Waals surface area contributed by atoms with Crippen LogP contribution in [0.4, 0.5) is 0 Å². The SMILES string of the molecule is O=S(=O)(c1cc(Br)cc(Cl)c1O)n1c(-c2cccnc2)cc2cc(Cl)ccc21. The van der Waals surface area contributed by atoms with Gasteiger partial charge in [-0.15, -0.1) is 0 Å². The summed E-state index contributed by atoms with van der Waals surface area (Å²) in [6.45, 7) is 0. The van der Waals surface area contributed by atoms with Gasteiger partial charge in [0.15, 0.2) is 5.75 Å². The van der Waals surface area contributed by atoms with Gasteiger partial charge in [0.2, 0.25) is 0 Å². The van der Waals surface area contributed by atoms with E-state index in [-0.39, 0.29) is 9.92 Å². The molecular formula is C19H11BrCl2N2O3S. The summed E-state index contributed by atoms with van der Waals surface area (Å²) in [7, 11) is -4.21. The smallest absolute Gasteiger partial charge is 0.272 e. The number of pyridine rings is 1. The molecule has 0 aliphatic heterocycles. The standard InChI is InChI=1S/C19H11BrCl2N2O3S/c20-13-8-15(22)19(25)18(9-13)28(26,27)24-16-4-3-14(21)6-12(16)7-17(24)11-2-1-5-23-10-11/h1-10,25H. The molecule has 0 bridgehead atoms. The third kappa shape index (κ3) is 3.18. The molecule has 0 aliphatic rings. The van der Waals surface area contributed by atoms with Gasteiger partial charge in [0.1, 0.15) is 4.90 Å². The van der Waals surface area contributed by atoms with Crippen molar-refractivity contribution in [2.24, 2.45) is 0 Å². The van der Waals surface area contributed by atoms with Gasteiger partial charge in [-0.3, -0.25) is 4.98 Å². The van der Waals surface area contributed by atoms with E-state index in [1.807, 2.05) is 0 Å². The first-order chi connectivity index (χ1) is 13.3. The molecule has 0 saturated heterocycles. The number of hydrogen-bond acceptors (Lipinski definition) is 4. The lowest BCUT2D eigenvalue weighted by molar-refractivity contribution is 0.458. The van der Waals surface area contributed by atoms with Crippen molar-refractivity contribution in [3.63, 3.8) is 0 Å². The van der Waals surface area contributed by atoms with Crippen molar-refractivity contribution in [2.45, 2.75) is 4.90 Å². The molecule has 0 fully saturated rings. The Morgan fingerprint density at radius 1 is 1.07 bits per heavy atom. The number of halogens is 3. The van der Waals surface area contributed by atoms with E-state index in [1.54, 1.807) is 48.8 Å². The number of benzene rings is 2. The topological polar surface area (TPSA) is 72.2 Å². The number of hydrogen-bond donors (Lipinski definition) is 1. The van der Waals surface area contributed by atoms with Gasteiger partial charge in [-0.1, -0.05) is 39.1 Å². The van der Waals surface area contributed by atoms with Gasteiger partial charge in [0.25, 0.3) is 10.0 Å². The Kier molecular flexibility index (Phi) is 4.87. The van der Waals surface area contributed by atoms with Gasteiger partial charge in [-0.25, -0.2) is 12.4 Å². The average molecular weight is 498 g/mol. The average Bonchev–Trinajstić information content (AvgIpc) is 3.04. The summed E-state index contributed by atoms with van der Waals surface area (Å²) in [5.41, 5.74) is 1.40. The maximum absolute atomic E-state index is 13.6. The first-order valence-electron chi connectivity index (χ1n) is 7.94. The zero-order valence-corrected chi connectivity index (χ0v) is 17.9. The Morgan fingerprint density at radius 2 is 1.86 bits per heavy atom. The fraction of sp³-hybridized carbons (Fsp3) is 0. The molecule has 28 heavy (non-hydrogen) atoms. The van der Waals surface area contributed by atoms with Crippen LogP contribution in [0, 0.1) is 0 Å². The molecule has 2 heterocycles. The summed E-state index contributed by atoms with van der Waals surface area (Å²) in [4.78, 5) is 3.76. The highest BCUT2D eigenvalue weighted by atomic mass is 79.9. The molecule has 1 N–H and O–H groups in total. The lowest BCUT2D eigenvalue weighted by Crippen LogP contribution is -2.14. The van der Waals surface area contributed by atoms with E-state index >= 15 is 0 Å². The van der Waals surface area contributed by atoms with Gasteiger partial charge in [-0.2, -0.15) is 0 Å². The summed E-state index contributed by atoms with van der Waals surface area (Å²) in [6, 6.07) is 12.8. The Bertz CT molecular complexity index is 1320. The predicted molar refractivity (Wildman–Crippen MR) is 114 cm³/mol. The van der Waals surface area contributed by atoms with Gasteiger partial charge >= 0.3 is 0 Å². The first-order valence-corrected chi connectivity index (χ1v) is 10.9. The second kappa shape index (κ2) is 7.08. The largest absolute Gasteiger partial charge is 0.505 e. The molecule has 2 aromatic heterocycles. The van der Waals surface area contributed by atoms with E-state index in [4.69, 9.17) is 23.2 Å². The van der Waals surface area contributed by atoms with Crippen molar-refractivity contribution in [2.75, 3.05) is 0 Å². The molecule has 2 aromatic carbocycles. The highest BCUT2D eigenvalue weighted by Crippen LogP contribution is 2.39. The van der Waals surface area contributed by atoms with Crippen LogP contribution in [0.25, 0.3) is 22.2 Å². The van der Waals surface area contributed by atoms with Gasteiger partial charge in [0, 0.05) is 32.8 Å². The fourth-order valence-electron chi connectivity index (χ4n) is 2.97. The number of nitrogens with zero attached hydrogens (tertiary/aromatic N) is 2. The predicted octanol–water partition coefficient (Wildman–Crippen LogP) is 5.72. The molecule has 0 spiro atoms. The van der Waals surface area contributed by atoms with Crippen molar-refractivity contribution in [3.05, 3.63) is 75.4 Å². The minimum absolute atomic E-state index is 0.0737. The summed E-state index contributed by atoms with van der Waals surface area (Å²) in [5.74, 6) is -0.516. The number of phenols is 1. The van der Waals surface area contributed by atoms with Crippen molar-refractivity contribution in [1.82, 2.24) is 8.96 Å². The van der Waals surface area contributed by atoms with Crippen LogP contribution in [0.3, 0.4) is 0 Å². The minimum atomic E-state index is -4.21. The van der Waals surface area contributed by atoms with Crippen LogP contribution >= 0.6 is 39.1 Å². The zero-order chi connectivity index (χ0) is 20.1. The quantitative estimate of drug-likeness (QED) is 0.393. The van der Waals surface area contributed by atoms with Crippen molar-refractivity contribution in [3.8, 4) is 17.0 Å². The lowest BCUT2D eigenvalue weighted by Gasteiger charge is -2.14. The second-order valence-electron chi connectivity index (χ2n) is 5.98. The van der Waals surface area contributed by atoms with Crippen molar-refractivity contribution >= 4 is 60.1 Å². The Hall–Kier alpha value is -2.06. The van der Waals surface area contributed by atoms with Crippen LogP contribution in [-0.4, -0.2) is 22.5 Å². The Balaban J connectivity index is 2.11. The molecule has 4 aromatic rings. The third-order valence-corrected chi connectivity index (χ3v) is 6.91. The van der Waals surface area contributed by atoms with Gasteiger partial charge in [-0.05, 0) is 48.5 Å². The zero-order valence-electron chi connectivity index (χ0n) is 14.0. The number of fused-ring (bicyclic) bond motifs is 1. The monoisotopic (exact) mass is 496 g/mol. The van der Waals surface area contributed by atoms with Crippen molar-refractivity contribution in [1.29, 1.82) is 0 Å². The van der Waals surface area contributed by atoms with E-state index in [0.717, 1.165) is 3.97 Å². The van der Waals surface area contributed by atoms with E-state index in [9.17, 15) is 13.5 Å². The Labute approximate surface area is 179 Å². The van der Waals surface area contributed by atoms with Crippen LogP contribution in [0.15, 0.2) is 70.3 Å². The van der Waals surface area contributed by atoms with E-state index < -0.39 is 15.8 Å². The summed E-state index contributed by atoms with van der Waals surface area (Å²) < 4.78 is 28.8. The number of aromatic hydroxyl groups is 1. The maximum atomic E-state index is 13.6. The molecule has 0 aliphatic carbocycles.